The van der Waals surface area contributed by atoms with Crippen LogP contribution in [0.4, 0.5) is 17.3 Å². The summed E-state index contributed by atoms with van der Waals surface area (Å²) in [5.41, 5.74) is 1.34. The Morgan fingerprint density at radius 1 is 1.18 bits per heavy atom. The second kappa shape index (κ2) is 7.57. The molecule has 2 aromatic rings. The van der Waals surface area contributed by atoms with E-state index in [1.165, 1.54) is 0 Å². The Morgan fingerprint density at radius 2 is 1.77 bits per heavy atom. The van der Waals surface area contributed by atoms with E-state index in [-0.39, 0.29) is 16.5 Å². The molecule has 1 heterocycles. The van der Waals surface area contributed by atoms with Crippen LogP contribution in [0.3, 0.4) is 0 Å². The fourth-order valence-electron chi connectivity index (χ4n) is 1.77. The fraction of sp³-hybridized carbons (Fsp3) is 0.308. The summed E-state index contributed by atoms with van der Waals surface area (Å²) < 4.78 is 49.3. The Balaban J connectivity index is 0.000000422. The van der Waals surface area contributed by atoms with Crippen LogP contribution in [-0.2, 0) is 16.6 Å². The molecule has 122 valence electrons. The van der Waals surface area contributed by atoms with E-state index in [1.54, 1.807) is 19.2 Å². The smallest absolute Gasteiger partial charge is 0.497 e. The van der Waals surface area contributed by atoms with Gasteiger partial charge in [0.25, 0.3) is 0 Å². The predicted octanol–water partition coefficient (Wildman–Crippen LogP) is 3.48. The van der Waals surface area contributed by atoms with Crippen molar-refractivity contribution in [3.8, 4) is 5.75 Å². The highest BCUT2D eigenvalue weighted by Gasteiger charge is 2.20. The van der Waals surface area contributed by atoms with Gasteiger partial charge in [-0.1, -0.05) is 0 Å². The minimum atomic E-state index is -6.00. The van der Waals surface area contributed by atoms with E-state index in [0.29, 0.717) is 11.3 Å². The van der Waals surface area contributed by atoms with Gasteiger partial charge in [-0.3, -0.25) is 0 Å². The van der Waals surface area contributed by atoms with Gasteiger partial charge in [-0.05, 0) is 23.0 Å². The van der Waals surface area contributed by atoms with Gasteiger partial charge in [-0.2, -0.15) is 0 Å². The molecule has 0 atom stereocenters. The van der Waals surface area contributed by atoms with E-state index >= 15 is 0 Å². The molecule has 0 N–H and O–H groups in total. The van der Waals surface area contributed by atoms with Gasteiger partial charge >= 0.3 is 12.9 Å². The lowest BCUT2D eigenvalue weighted by molar-refractivity contribution is 0.368. The topological polar surface area (TPSA) is 39.4 Å². The Morgan fingerprint density at radius 3 is 2.27 bits per heavy atom. The van der Waals surface area contributed by atoms with E-state index in [2.05, 4.69) is 12.5 Å². The molecule has 0 bridgehead atoms. The molecule has 0 amide bonds. The number of methoxy groups -OCH3 is 1. The highest BCUT2D eigenvalue weighted by atomic mass is 32.2. The van der Waals surface area contributed by atoms with Crippen LogP contribution in [0.2, 0.25) is 0 Å². The first-order valence-electron chi connectivity index (χ1n) is 6.12. The third-order valence-corrected chi connectivity index (χ3v) is 3.37. The molecule has 0 saturated carbocycles. The van der Waals surface area contributed by atoms with Gasteiger partial charge in [0.2, 0.25) is 0 Å². The monoisotopic (exact) mass is 338 g/mol. The number of hydrogen-bond acceptors (Lipinski definition) is 3. The van der Waals surface area contributed by atoms with Crippen molar-refractivity contribution in [2.45, 2.75) is 5.75 Å². The summed E-state index contributed by atoms with van der Waals surface area (Å²) in [5.74, 6) is 1.60. The fourth-order valence-corrected chi connectivity index (χ4v) is 2.63. The van der Waals surface area contributed by atoms with Gasteiger partial charge < -0.3 is 26.4 Å². The molecule has 0 fully saturated rings. The van der Waals surface area contributed by atoms with E-state index < -0.39 is 7.25 Å². The number of benzene rings is 1. The Labute approximate surface area is 127 Å². The molecule has 1 aromatic carbocycles. The Bertz CT molecular complexity index is 679. The molecule has 0 spiro atoms. The summed E-state index contributed by atoms with van der Waals surface area (Å²) in [7, 11) is -4.15. The standard InChI is InChI=1S/C13H15O3S.BF4/c1-15-10-4-5-11-9(8-17(2)3)6-13(14)16-12(11)7-10;2-1(3,4)5/h4-7H,8H2,1-3H3;/q+1;-1. The van der Waals surface area contributed by atoms with Gasteiger partial charge in [-0.25, -0.2) is 4.79 Å². The lowest BCUT2D eigenvalue weighted by atomic mass is 10.1. The lowest BCUT2D eigenvalue weighted by Crippen LogP contribution is -2.05. The van der Waals surface area contributed by atoms with Crippen LogP contribution in [0, 0.1) is 0 Å². The molecule has 0 aliphatic heterocycles. The molecule has 9 heteroatoms. The van der Waals surface area contributed by atoms with Gasteiger partial charge in [0.15, 0.2) is 0 Å². The van der Waals surface area contributed by atoms with Gasteiger partial charge in [0.05, 0.1) is 19.6 Å². The molecule has 0 unspecified atom stereocenters. The molecular weight excluding hydrogens is 323 g/mol. The van der Waals surface area contributed by atoms with E-state index in [4.69, 9.17) is 9.15 Å². The van der Waals surface area contributed by atoms with Crippen LogP contribution in [0.15, 0.2) is 33.5 Å². The molecule has 1 aromatic heterocycles. The number of fused-ring (bicyclic) bond motifs is 1. The summed E-state index contributed by atoms with van der Waals surface area (Å²) in [6.07, 6.45) is 4.31. The predicted molar refractivity (Wildman–Crippen MR) is 82.1 cm³/mol. The first-order chi connectivity index (χ1) is 10.1. The average Bonchev–Trinajstić information content (AvgIpc) is 2.35. The second-order valence-electron chi connectivity index (χ2n) is 4.58. The van der Waals surface area contributed by atoms with Crippen LogP contribution >= 0.6 is 0 Å². The zero-order valence-corrected chi connectivity index (χ0v) is 13.1. The van der Waals surface area contributed by atoms with Gasteiger partial charge in [-0.15, -0.1) is 0 Å². The normalized spacial score (nSPS) is 11.3. The molecule has 2 rings (SSSR count). The average molecular weight is 338 g/mol. The van der Waals surface area contributed by atoms with Crippen molar-refractivity contribution >= 4 is 29.1 Å². The molecular formula is C13H15BF4O3S. The third-order valence-electron chi connectivity index (χ3n) is 2.48. The van der Waals surface area contributed by atoms with Crippen molar-refractivity contribution in [1.82, 2.24) is 0 Å². The quantitative estimate of drug-likeness (QED) is 0.372. The SMILES string of the molecule is COc1ccc2c(C[S+](C)C)cc(=O)oc2c1.F[B-](F)(F)F. The largest absolute Gasteiger partial charge is 0.673 e. The van der Waals surface area contributed by atoms with Crippen molar-refractivity contribution in [1.29, 1.82) is 0 Å². The summed E-state index contributed by atoms with van der Waals surface area (Å²) in [6.45, 7) is 0. The van der Waals surface area contributed by atoms with Crippen molar-refractivity contribution in [3.63, 3.8) is 0 Å². The van der Waals surface area contributed by atoms with Crippen molar-refractivity contribution in [2.75, 3.05) is 19.6 Å². The van der Waals surface area contributed by atoms with Crippen molar-refractivity contribution in [2.24, 2.45) is 0 Å². The molecule has 0 radical (unpaired) electrons. The summed E-state index contributed by atoms with van der Waals surface area (Å²) in [5, 5.41) is 0.992. The number of halogens is 4. The lowest BCUT2D eigenvalue weighted by Gasteiger charge is -2.05. The zero-order chi connectivity index (χ0) is 16.9. The zero-order valence-electron chi connectivity index (χ0n) is 12.2. The van der Waals surface area contributed by atoms with E-state index in [1.807, 2.05) is 12.1 Å². The minimum absolute atomic E-state index is 0.250. The second-order valence-corrected chi connectivity index (χ2v) is 6.84. The third kappa shape index (κ3) is 6.42. The van der Waals surface area contributed by atoms with Crippen LogP contribution < -0.4 is 10.4 Å². The highest BCUT2D eigenvalue weighted by Crippen LogP contribution is 2.23. The maximum atomic E-state index is 11.5. The van der Waals surface area contributed by atoms with Crippen LogP contribution in [0.25, 0.3) is 11.0 Å². The molecule has 22 heavy (non-hydrogen) atoms. The van der Waals surface area contributed by atoms with Gasteiger partial charge in [0.1, 0.15) is 17.1 Å². The Kier molecular flexibility index (Phi) is 6.34. The number of rotatable bonds is 3. The van der Waals surface area contributed by atoms with Gasteiger partial charge in [0, 0.05) is 23.1 Å². The molecule has 0 aliphatic rings. The molecule has 0 aliphatic carbocycles. The van der Waals surface area contributed by atoms with E-state index in [0.717, 1.165) is 16.7 Å². The summed E-state index contributed by atoms with van der Waals surface area (Å²) >= 11 is 0. The highest BCUT2D eigenvalue weighted by molar-refractivity contribution is 7.94. The van der Waals surface area contributed by atoms with Crippen LogP contribution in [0.5, 0.6) is 5.75 Å². The Hall–Kier alpha value is -1.64. The number of ether oxygens (including phenoxy) is 1. The number of hydrogen-bond donors (Lipinski definition) is 0. The minimum Gasteiger partial charge on any atom is -0.497 e. The van der Waals surface area contributed by atoms with Crippen LogP contribution in [0.1, 0.15) is 5.56 Å². The van der Waals surface area contributed by atoms with Crippen LogP contribution in [-0.4, -0.2) is 26.9 Å². The van der Waals surface area contributed by atoms with E-state index in [9.17, 15) is 22.1 Å². The summed E-state index contributed by atoms with van der Waals surface area (Å²) in [6, 6.07) is 7.17. The first-order valence-corrected chi connectivity index (χ1v) is 8.33. The van der Waals surface area contributed by atoms with Crippen molar-refractivity contribution in [3.05, 3.63) is 40.2 Å². The van der Waals surface area contributed by atoms with Crippen molar-refractivity contribution < 1.29 is 26.4 Å². The molecule has 0 saturated heterocycles. The maximum absolute atomic E-state index is 11.5. The molecule has 3 nitrogen and oxygen atoms in total. The first kappa shape index (κ1) is 18.4. The summed E-state index contributed by atoms with van der Waals surface area (Å²) in [4.78, 5) is 11.5. The maximum Gasteiger partial charge on any atom is 0.673 e.